The number of anilines is 2. The van der Waals surface area contributed by atoms with E-state index < -0.39 is 29.6 Å². The Balaban J connectivity index is 1.72. The van der Waals surface area contributed by atoms with Crippen molar-refractivity contribution < 1.29 is 27.5 Å². The Labute approximate surface area is 197 Å². The van der Waals surface area contributed by atoms with Crippen molar-refractivity contribution in [2.24, 2.45) is 11.5 Å². The van der Waals surface area contributed by atoms with Crippen molar-refractivity contribution in [1.29, 1.82) is 0 Å². The molecule has 1 aliphatic rings. The first kappa shape index (κ1) is 23.8. The van der Waals surface area contributed by atoms with Crippen molar-refractivity contribution in [3.8, 4) is 22.9 Å². The predicted molar refractivity (Wildman–Crippen MR) is 122 cm³/mol. The van der Waals surface area contributed by atoms with Crippen LogP contribution in [0.3, 0.4) is 0 Å². The number of nitrogens with zero attached hydrogens (tertiary/aromatic N) is 3. The zero-order valence-corrected chi connectivity index (χ0v) is 18.7. The van der Waals surface area contributed by atoms with E-state index in [1.54, 1.807) is 30.1 Å². The van der Waals surface area contributed by atoms with Gasteiger partial charge in [0.1, 0.15) is 23.3 Å². The minimum atomic E-state index is -4.48. The van der Waals surface area contributed by atoms with E-state index in [0.29, 0.717) is 16.9 Å². The number of aromatic nitrogens is 2. The van der Waals surface area contributed by atoms with Gasteiger partial charge in [-0.15, -0.1) is 0 Å². The van der Waals surface area contributed by atoms with E-state index in [9.17, 15) is 22.8 Å². The van der Waals surface area contributed by atoms with Crippen LogP contribution in [0.2, 0.25) is 0 Å². The number of fused-ring (bicyclic) bond motifs is 2. The van der Waals surface area contributed by atoms with Gasteiger partial charge in [0.2, 0.25) is 5.91 Å². The summed E-state index contributed by atoms with van der Waals surface area (Å²) >= 11 is 0. The molecule has 2 aromatic carbocycles. The number of hydrogen-bond donors (Lipinski definition) is 3. The second kappa shape index (κ2) is 8.78. The highest BCUT2D eigenvalue weighted by Crippen LogP contribution is 2.42. The number of hydrogen-bond acceptors (Lipinski definition) is 7. The summed E-state index contributed by atoms with van der Waals surface area (Å²) in [5.74, 6) is -0.365. The number of alkyl halides is 3. The Hall–Kier alpha value is -4.35. The third-order valence-corrected chi connectivity index (χ3v) is 5.41. The van der Waals surface area contributed by atoms with Gasteiger partial charge in [0.15, 0.2) is 11.6 Å². The summed E-state index contributed by atoms with van der Waals surface area (Å²) in [5, 5.41) is 2.80. The molecule has 1 aromatic heterocycles. The first-order valence-corrected chi connectivity index (χ1v) is 10.4. The number of nitrogens with one attached hydrogen (secondary N) is 1. The molecule has 0 fully saturated rings. The molecule has 0 aliphatic carbocycles. The number of benzene rings is 2. The Morgan fingerprint density at radius 3 is 2.46 bits per heavy atom. The van der Waals surface area contributed by atoms with Crippen LogP contribution in [0, 0.1) is 0 Å². The van der Waals surface area contributed by atoms with E-state index in [1.807, 2.05) is 0 Å². The standard InChI is InChI=1S/C23H21F3N6O3/c1-11(20(27)33)29-19-9-15(21(28)34)30-22(31-19)12-3-5-17-13(7-12)10-32(2)16-8-14(23(24,25)26)4-6-18(16)35-17/h3-9,11H,10H2,1-2H3,(H2,27,33)(H2,28,34)(H,29,30,31). The van der Waals surface area contributed by atoms with E-state index in [2.05, 4.69) is 15.3 Å². The minimum absolute atomic E-state index is 0.0791. The van der Waals surface area contributed by atoms with Crippen molar-refractivity contribution in [3.63, 3.8) is 0 Å². The second-order valence-electron chi connectivity index (χ2n) is 8.06. The number of ether oxygens (including phenoxy) is 1. The Bertz CT molecular complexity index is 1330. The molecular weight excluding hydrogens is 465 g/mol. The van der Waals surface area contributed by atoms with Gasteiger partial charge >= 0.3 is 6.18 Å². The van der Waals surface area contributed by atoms with Gasteiger partial charge in [-0.1, -0.05) is 0 Å². The lowest BCUT2D eigenvalue weighted by Gasteiger charge is -2.19. The molecule has 12 heteroatoms. The average molecular weight is 486 g/mol. The Morgan fingerprint density at radius 2 is 1.80 bits per heavy atom. The van der Waals surface area contributed by atoms with Gasteiger partial charge in [0.25, 0.3) is 5.91 Å². The van der Waals surface area contributed by atoms with Crippen LogP contribution in [-0.4, -0.2) is 34.9 Å². The number of rotatable bonds is 5. The monoisotopic (exact) mass is 486 g/mol. The van der Waals surface area contributed by atoms with E-state index in [1.165, 1.54) is 19.1 Å². The highest BCUT2D eigenvalue weighted by molar-refractivity contribution is 5.92. The van der Waals surface area contributed by atoms with Crippen LogP contribution in [0.1, 0.15) is 28.5 Å². The molecular formula is C23H21F3N6O3. The van der Waals surface area contributed by atoms with Gasteiger partial charge in [-0.25, -0.2) is 9.97 Å². The maximum Gasteiger partial charge on any atom is 0.416 e. The molecule has 3 aromatic rings. The lowest BCUT2D eigenvalue weighted by atomic mass is 10.1. The van der Waals surface area contributed by atoms with Crippen LogP contribution in [0.4, 0.5) is 24.7 Å². The van der Waals surface area contributed by atoms with Crippen LogP contribution in [0.5, 0.6) is 11.5 Å². The summed E-state index contributed by atoms with van der Waals surface area (Å²) in [6.45, 7) is 1.77. The summed E-state index contributed by atoms with van der Waals surface area (Å²) in [7, 11) is 1.65. The Morgan fingerprint density at radius 1 is 1.09 bits per heavy atom. The number of carbonyl (C=O) groups is 2. The quantitative estimate of drug-likeness (QED) is 0.503. The van der Waals surface area contributed by atoms with Crippen LogP contribution in [-0.2, 0) is 17.5 Å². The smallest absolute Gasteiger partial charge is 0.416 e. The second-order valence-corrected chi connectivity index (χ2v) is 8.06. The lowest BCUT2D eigenvalue weighted by Crippen LogP contribution is -2.33. The zero-order valence-electron chi connectivity index (χ0n) is 18.7. The van der Waals surface area contributed by atoms with Crippen LogP contribution < -0.4 is 26.4 Å². The lowest BCUT2D eigenvalue weighted by molar-refractivity contribution is -0.137. The summed E-state index contributed by atoms with van der Waals surface area (Å²) in [6, 6.07) is 8.84. The summed E-state index contributed by atoms with van der Waals surface area (Å²) in [4.78, 5) is 33.4. The fraction of sp³-hybridized carbons (Fsp3) is 0.217. The summed E-state index contributed by atoms with van der Waals surface area (Å²) in [6.07, 6.45) is -4.48. The highest BCUT2D eigenvalue weighted by atomic mass is 19.4. The van der Waals surface area contributed by atoms with Gasteiger partial charge in [0, 0.05) is 30.8 Å². The molecule has 2 heterocycles. The van der Waals surface area contributed by atoms with Gasteiger partial charge in [-0.05, 0) is 43.3 Å². The van der Waals surface area contributed by atoms with Gasteiger partial charge in [-0.3, -0.25) is 9.59 Å². The molecule has 35 heavy (non-hydrogen) atoms. The van der Waals surface area contributed by atoms with Crippen molar-refractivity contribution in [2.45, 2.75) is 25.7 Å². The van der Waals surface area contributed by atoms with E-state index in [0.717, 1.165) is 12.1 Å². The molecule has 2 amide bonds. The molecule has 0 saturated carbocycles. The van der Waals surface area contributed by atoms with Gasteiger partial charge in [0.05, 0.1) is 11.3 Å². The number of carbonyl (C=O) groups excluding carboxylic acids is 2. The first-order chi connectivity index (χ1) is 16.4. The molecule has 0 saturated heterocycles. The molecule has 9 nitrogen and oxygen atoms in total. The maximum atomic E-state index is 13.2. The molecule has 0 spiro atoms. The number of amides is 2. The predicted octanol–water partition coefficient (Wildman–Crippen LogP) is 3.29. The van der Waals surface area contributed by atoms with E-state index >= 15 is 0 Å². The molecule has 5 N–H and O–H groups in total. The molecule has 1 unspecified atom stereocenters. The number of primary amides is 2. The van der Waals surface area contributed by atoms with Gasteiger partial charge in [-0.2, -0.15) is 13.2 Å². The number of halogens is 3. The summed E-state index contributed by atoms with van der Waals surface area (Å²) in [5.41, 5.74) is 11.3. The molecule has 4 rings (SSSR count). The van der Waals surface area contributed by atoms with Crippen molar-refractivity contribution in [1.82, 2.24) is 9.97 Å². The molecule has 0 radical (unpaired) electrons. The zero-order chi connectivity index (χ0) is 25.5. The van der Waals surface area contributed by atoms with Crippen molar-refractivity contribution in [2.75, 3.05) is 17.3 Å². The first-order valence-electron chi connectivity index (χ1n) is 10.4. The fourth-order valence-electron chi connectivity index (χ4n) is 3.55. The van der Waals surface area contributed by atoms with Crippen LogP contribution in [0.25, 0.3) is 11.4 Å². The normalized spacial score (nSPS) is 13.7. The minimum Gasteiger partial charge on any atom is -0.455 e. The third kappa shape index (κ3) is 4.95. The van der Waals surface area contributed by atoms with Gasteiger partial charge < -0.3 is 26.4 Å². The van der Waals surface area contributed by atoms with Crippen LogP contribution in [0.15, 0.2) is 42.5 Å². The van der Waals surface area contributed by atoms with Crippen molar-refractivity contribution in [3.05, 3.63) is 59.3 Å². The number of nitrogens with two attached hydrogens (primary N) is 2. The summed E-state index contributed by atoms with van der Waals surface area (Å²) < 4.78 is 45.5. The third-order valence-electron chi connectivity index (χ3n) is 5.41. The van der Waals surface area contributed by atoms with Crippen molar-refractivity contribution >= 4 is 23.3 Å². The largest absolute Gasteiger partial charge is 0.455 e. The maximum absolute atomic E-state index is 13.2. The molecule has 0 bridgehead atoms. The van der Waals surface area contributed by atoms with Crippen LogP contribution >= 0.6 is 0 Å². The highest BCUT2D eigenvalue weighted by Gasteiger charge is 2.32. The molecule has 182 valence electrons. The topological polar surface area (TPSA) is 136 Å². The molecule has 1 aliphatic heterocycles. The van der Waals surface area contributed by atoms with E-state index in [-0.39, 0.29) is 35.3 Å². The molecule has 1 atom stereocenters. The Kier molecular flexibility index (Phi) is 5.97. The SMILES string of the molecule is CC(Nc1cc(C(N)=O)nc(-c2ccc3c(c2)CN(C)c2cc(C(F)(F)F)ccc2O3)n1)C(N)=O. The fourth-order valence-corrected chi connectivity index (χ4v) is 3.55. The van der Waals surface area contributed by atoms with E-state index in [4.69, 9.17) is 16.2 Å². The average Bonchev–Trinajstić information content (AvgIpc) is 2.92.